The molecule has 2 aromatic heterocycles. The van der Waals surface area contributed by atoms with Crippen molar-refractivity contribution in [3.05, 3.63) is 164 Å². The molecule has 0 amide bonds. The summed E-state index contributed by atoms with van der Waals surface area (Å²) in [6.07, 6.45) is 0. The Labute approximate surface area is 282 Å². The van der Waals surface area contributed by atoms with E-state index in [4.69, 9.17) is 19.4 Å². The molecule has 0 N–H and O–H groups in total. The lowest BCUT2D eigenvalue weighted by Gasteiger charge is -2.12. The van der Waals surface area contributed by atoms with Gasteiger partial charge in [0.1, 0.15) is 11.2 Å². The van der Waals surface area contributed by atoms with Crippen LogP contribution in [0.3, 0.4) is 0 Å². The van der Waals surface area contributed by atoms with Crippen LogP contribution in [-0.2, 0) is 0 Å². The first kappa shape index (κ1) is 27.5. The summed E-state index contributed by atoms with van der Waals surface area (Å²) >= 11 is 0. The third kappa shape index (κ3) is 4.57. The maximum Gasteiger partial charge on any atom is 0.164 e. The molecule has 0 radical (unpaired) electrons. The van der Waals surface area contributed by atoms with Gasteiger partial charge in [0.15, 0.2) is 17.5 Å². The topological polar surface area (TPSA) is 51.8 Å². The molecule has 4 nitrogen and oxygen atoms in total. The minimum Gasteiger partial charge on any atom is -0.456 e. The van der Waals surface area contributed by atoms with Gasteiger partial charge >= 0.3 is 0 Å². The van der Waals surface area contributed by atoms with E-state index in [1.807, 2.05) is 66.7 Å². The van der Waals surface area contributed by atoms with Gasteiger partial charge in [-0.25, -0.2) is 15.0 Å². The molecular weight excluding hydrogens is 599 g/mol. The highest BCUT2D eigenvalue weighted by molar-refractivity contribution is 6.25. The fourth-order valence-electron chi connectivity index (χ4n) is 7.12. The normalized spacial score (nSPS) is 11.7. The van der Waals surface area contributed by atoms with Crippen LogP contribution in [0.15, 0.2) is 168 Å². The summed E-state index contributed by atoms with van der Waals surface area (Å²) in [5.74, 6) is 1.87. The van der Waals surface area contributed by atoms with Gasteiger partial charge in [0.2, 0.25) is 0 Å². The van der Waals surface area contributed by atoms with Crippen molar-refractivity contribution in [1.82, 2.24) is 15.0 Å². The summed E-state index contributed by atoms with van der Waals surface area (Å²) in [7, 11) is 0. The Hall–Kier alpha value is -6.65. The molecule has 0 bridgehead atoms. The molecule has 0 aliphatic rings. The second-order valence-electron chi connectivity index (χ2n) is 12.4. The van der Waals surface area contributed by atoms with E-state index in [1.54, 1.807) is 0 Å². The Morgan fingerprint density at radius 1 is 0.265 bits per heavy atom. The van der Waals surface area contributed by atoms with E-state index in [0.717, 1.165) is 44.2 Å². The van der Waals surface area contributed by atoms with Crippen LogP contribution in [0.4, 0.5) is 0 Å². The van der Waals surface area contributed by atoms with Crippen molar-refractivity contribution in [2.75, 3.05) is 0 Å². The van der Waals surface area contributed by atoms with Crippen molar-refractivity contribution in [3.63, 3.8) is 0 Å². The molecule has 0 fully saturated rings. The maximum atomic E-state index is 6.44. The quantitative estimate of drug-likeness (QED) is 0.183. The number of hydrogen-bond acceptors (Lipinski definition) is 4. The van der Waals surface area contributed by atoms with E-state index in [1.165, 1.54) is 37.9 Å². The van der Waals surface area contributed by atoms with Gasteiger partial charge in [-0.1, -0.05) is 133 Å². The van der Waals surface area contributed by atoms with Crippen LogP contribution in [0, 0.1) is 0 Å². The largest absolute Gasteiger partial charge is 0.456 e. The predicted octanol–water partition coefficient (Wildman–Crippen LogP) is 11.9. The smallest absolute Gasteiger partial charge is 0.164 e. The Morgan fingerprint density at radius 3 is 1.29 bits per heavy atom. The van der Waals surface area contributed by atoms with Gasteiger partial charge in [-0.2, -0.15) is 0 Å². The molecule has 8 aromatic carbocycles. The average Bonchev–Trinajstić information content (AvgIpc) is 3.55. The highest BCUT2D eigenvalue weighted by Crippen LogP contribution is 2.39. The Balaban J connectivity index is 1.09. The molecule has 10 rings (SSSR count). The zero-order valence-electron chi connectivity index (χ0n) is 26.3. The molecule has 10 aromatic rings. The van der Waals surface area contributed by atoms with E-state index < -0.39 is 0 Å². The zero-order valence-corrected chi connectivity index (χ0v) is 26.3. The minimum atomic E-state index is 0.603. The molecule has 228 valence electrons. The molecule has 0 saturated carbocycles. The van der Waals surface area contributed by atoms with Gasteiger partial charge in [-0.3, -0.25) is 0 Å². The fraction of sp³-hybridized carbons (Fsp3) is 0. The average molecular weight is 626 g/mol. The summed E-state index contributed by atoms with van der Waals surface area (Å²) in [6.45, 7) is 0. The highest BCUT2D eigenvalue weighted by Gasteiger charge is 2.16. The van der Waals surface area contributed by atoms with Crippen molar-refractivity contribution in [1.29, 1.82) is 0 Å². The predicted molar refractivity (Wildman–Crippen MR) is 201 cm³/mol. The van der Waals surface area contributed by atoms with Gasteiger partial charge in [0.05, 0.1) is 0 Å². The zero-order chi connectivity index (χ0) is 32.3. The van der Waals surface area contributed by atoms with Gasteiger partial charge < -0.3 is 4.42 Å². The van der Waals surface area contributed by atoms with Crippen LogP contribution < -0.4 is 0 Å². The maximum absolute atomic E-state index is 6.44. The molecule has 0 unspecified atom stereocenters. The first-order chi connectivity index (χ1) is 24.3. The summed E-state index contributed by atoms with van der Waals surface area (Å²) in [5.41, 5.74) is 6.72. The lowest BCUT2D eigenvalue weighted by Crippen LogP contribution is -2.00. The summed E-state index contributed by atoms with van der Waals surface area (Å²) in [4.78, 5) is 14.7. The molecule has 0 atom stereocenters. The molecule has 0 saturated heterocycles. The third-order valence-electron chi connectivity index (χ3n) is 9.51. The summed E-state index contributed by atoms with van der Waals surface area (Å²) in [6, 6.07) is 57.0. The number of fused-ring (bicyclic) bond motifs is 9. The molecule has 49 heavy (non-hydrogen) atoms. The second kappa shape index (κ2) is 11.0. The van der Waals surface area contributed by atoms with Crippen molar-refractivity contribution in [2.45, 2.75) is 0 Å². The third-order valence-corrected chi connectivity index (χ3v) is 9.51. The van der Waals surface area contributed by atoms with Gasteiger partial charge in [0.25, 0.3) is 0 Å². The minimum absolute atomic E-state index is 0.603. The van der Waals surface area contributed by atoms with Crippen molar-refractivity contribution in [3.8, 4) is 45.3 Å². The van der Waals surface area contributed by atoms with Crippen molar-refractivity contribution >= 4 is 54.3 Å². The lowest BCUT2D eigenvalue weighted by atomic mass is 9.92. The van der Waals surface area contributed by atoms with E-state index in [0.29, 0.717) is 17.5 Å². The second-order valence-corrected chi connectivity index (χ2v) is 12.4. The Bertz CT molecular complexity index is 2780. The van der Waals surface area contributed by atoms with Crippen molar-refractivity contribution < 1.29 is 4.42 Å². The number of rotatable bonds is 4. The molecule has 0 aliphatic carbocycles. The monoisotopic (exact) mass is 625 g/mol. The van der Waals surface area contributed by atoms with Crippen LogP contribution in [0.2, 0.25) is 0 Å². The number of aromatic nitrogens is 3. The van der Waals surface area contributed by atoms with Crippen LogP contribution in [0.5, 0.6) is 0 Å². The molecule has 0 aliphatic heterocycles. The van der Waals surface area contributed by atoms with Gasteiger partial charge in [-0.15, -0.1) is 0 Å². The van der Waals surface area contributed by atoms with Crippen molar-refractivity contribution in [2.24, 2.45) is 0 Å². The number of furan rings is 1. The lowest BCUT2D eigenvalue weighted by molar-refractivity contribution is 0.669. The summed E-state index contributed by atoms with van der Waals surface area (Å²) < 4.78 is 6.44. The first-order valence-electron chi connectivity index (χ1n) is 16.4. The van der Waals surface area contributed by atoms with E-state index in [2.05, 4.69) is 97.1 Å². The Kier molecular flexibility index (Phi) is 6.15. The van der Waals surface area contributed by atoms with Crippen LogP contribution >= 0.6 is 0 Å². The van der Waals surface area contributed by atoms with E-state index >= 15 is 0 Å². The summed E-state index contributed by atoms with van der Waals surface area (Å²) in [5, 5.41) is 9.77. The standard InChI is InChI=1S/C45H27N3O/c1-3-11-28(12-4-1)43-46-44(29-13-5-2-6-14-29)48-45(47-43)32-20-23-38-40-26-31(21-24-41(40)49-42(38)27-32)30-19-22-37-35-17-8-7-15-33(35)34-16-9-10-18-36(34)39(37)25-30/h1-27H. The first-order valence-corrected chi connectivity index (χ1v) is 16.4. The van der Waals surface area contributed by atoms with Crippen LogP contribution in [0.25, 0.3) is 99.5 Å². The number of nitrogens with zero attached hydrogens (tertiary/aromatic N) is 3. The molecule has 4 heteroatoms. The molecule has 0 spiro atoms. The number of benzene rings is 8. The Morgan fingerprint density at radius 2 is 0.694 bits per heavy atom. The van der Waals surface area contributed by atoms with Gasteiger partial charge in [0, 0.05) is 27.5 Å². The van der Waals surface area contributed by atoms with E-state index in [-0.39, 0.29) is 0 Å². The molecular formula is C45H27N3O. The SMILES string of the molecule is c1ccc(-c2nc(-c3ccccc3)nc(-c3ccc4c(c3)oc3ccc(-c5ccc6c7ccccc7c7ccccc7c6c5)cc34)n2)cc1. The van der Waals surface area contributed by atoms with Crippen LogP contribution in [0.1, 0.15) is 0 Å². The van der Waals surface area contributed by atoms with E-state index in [9.17, 15) is 0 Å². The molecule has 2 heterocycles. The number of hydrogen-bond donors (Lipinski definition) is 0. The van der Waals surface area contributed by atoms with Gasteiger partial charge in [-0.05, 0) is 73.8 Å². The fourth-order valence-corrected chi connectivity index (χ4v) is 7.12. The highest BCUT2D eigenvalue weighted by atomic mass is 16.3. The van der Waals surface area contributed by atoms with Crippen LogP contribution in [-0.4, -0.2) is 15.0 Å².